The third-order valence-electron chi connectivity index (χ3n) is 5.97. The molecule has 2 fully saturated rings. The topological polar surface area (TPSA) is 17.1 Å². The molecule has 17 heavy (non-hydrogen) atoms. The number of aldehydes is 1. The molecule has 0 aromatic rings. The lowest BCUT2D eigenvalue weighted by molar-refractivity contribution is -0.108. The summed E-state index contributed by atoms with van der Waals surface area (Å²) in [5, 5.41) is 0. The van der Waals surface area contributed by atoms with Crippen LogP contribution in [0.2, 0.25) is 0 Å². The molecule has 1 nitrogen and oxygen atoms in total. The molecule has 2 saturated carbocycles. The molecule has 0 radical (unpaired) electrons. The molecule has 0 spiro atoms. The first-order valence-corrected chi connectivity index (χ1v) is 7.53. The number of carbonyl (C=O) groups excluding carboxylic acids is 1. The molecule has 0 aromatic heterocycles. The fourth-order valence-corrected chi connectivity index (χ4v) is 5.07. The normalized spacial score (nSPS) is 43.1. The molecular formula is C16H28O. The Balaban J connectivity index is 2.06. The van der Waals surface area contributed by atoms with E-state index in [1.807, 2.05) is 0 Å². The van der Waals surface area contributed by atoms with E-state index in [0.717, 1.165) is 42.8 Å². The Morgan fingerprint density at radius 1 is 1.35 bits per heavy atom. The molecule has 0 aliphatic heterocycles. The second kappa shape index (κ2) is 5.12. The van der Waals surface area contributed by atoms with Gasteiger partial charge in [-0.1, -0.05) is 33.6 Å². The molecule has 0 aromatic carbocycles. The Bertz CT molecular complexity index is 273. The van der Waals surface area contributed by atoms with Gasteiger partial charge >= 0.3 is 0 Å². The number of hydrogen-bond donors (Lipinski definition) is 0. The number of carbonyl (C=O) groups is 1. The zero-order chi connectivity index (χ0) is 12.5. The molecule has 2 aliphatic rings. The molecule has 1 heteroatoms. The maximum absolute atomic E-state index is 10.5. The Labute approximate surface area is 106 Å². The van der Waals surface area contributed by atoms with Gasteiger partial charge in [0.1, 0.15) is 6.29 Å². The summed E-state index contributed by atoms with van der Waals surface area (Å²) in [6, 6.07) is 0. The van der Waals surface area contributed by atoms with Gasteiger partial charge in [-0.3, -0.25) is 0 Å². The van der Waals surface area contributed by atoms with Crippen LogP contribution in [0.3, 0.4) is 0 Å². The number of fused-ring (bicyclic) bond motifs is 1. The quantitative estimate of drug-likeness (QED) is 0.659. The lowest BCUT2D eigenvalue weighted by Crippen LogP contribution is -2.38. The zero-order valence-electron chi connectivity index (χ0n) is 11.7. The van der Waals surface area contributed by atoms with E-state index in [9.17, 15) is 4.79 Å². The van der Waals surface area contributed by atoms with Crippen LogP contribution in [-0.4, -0.2) is 6.29 Å². The summed E-state index contributed by atoms with van der Waals surface area (Å²) in [5.74, 6) is 3.49. The highest BCUT2D eigenvalue weighted by molar-refractivity contribution is 5.49. The largest absolute Gasteiger partial charge is 0.303 e. The molecular weight excluding hydrogens is 208 g/mol. The van der Waals surface area contributed by atoms with Gasteiger partial charge in [0.05, 0.1) is 0 Å². The number of hydrogen-bond acceptors (Lipinski definition) is 1. The highest BCUT2D eigenvalue weighted by Gasteiger charge is 2.50. The molecule has 2 aliphatic carbocycles. The van der Waals surface area contributed by atoms with Gasteiger partial charge in [-0.2, -0.15) is 0 Å². The lowest BCUT2D eigenvalue weighted by Gasteiger charge is -2.46. The first-order valence-electron chi connectivity index (χ1n) is 7.53. The highest BCUT2D eigenvalue weighted by atomic mass is 16.1. The zero-order valence-corrected chi connectivity index (χ0v) is 11.7. The van der Waals surface area contributed by atoms with Crippen molar-refractivity contribution in [3.63, 3.8) is 0 Å². The van der Waals surface area contributed by atoms with Gasteiger partial charge in [0, 0.05) is 6.42 Å². The van der Waals surface area contributed by atoms with Crippen molar-refractivity contribution in [1.29, 1.82) is 0 Å². The summed E-state index contributed by atoms with van der Waals surface area (Å²) < 4.78 is 0. The molecule has 98 valence electrons. The monoisotopic (exact) mass is 236 g/mol. The van der Waals surface area contributed by atoms with E-state index in [1.54, 1.807) is 0 Å². The molecule has 0 amide bonds. The van der Waals surface area contributed by atoms with Gasteiger partial charge in [0.2, 0.25) is 0 Å². The van der Waals surface area contributed by atoms with E-state index in [4.69, 9.17) is 0 Å². The van der Waals surface area contributed by atoms with Crippen LogP contribution in [0.4, 0.5) is 0 Å². The van der Waals surface area contributed by atoms with Crippen molar-refractivity contribution in [2.75, 3.05) is 0 Å². The van der Waals surface area contributed by atoms with Crippen molar-refractivity contribution in [1.82, 2.24) is 0 Å². The van der Waals surface area contributed by atoms with Crippen molar-refractivity contribution in [3.05, 3.63) is 0 Å². The Kier molecular flexibility index (Phi) is 3.95. The fraction of sp³-hybridized carbons (Fsp3) is 0.938. The standard InChI is InChI=1S/C16H28O/c1-12-6-4-10-16(3)14(12)8-9-15(16)13(2)7-5-11-17/h11-15H,4-10H2,1-3H3/t12-,13+,14-,15+,16-/m0/s1. The van der Waals surface area contributed by atoms with Crippen molar-refractivity contribution in [2.24, 2.45) is 29.1 Å². The van der Waals surface area contributed by atoms with E-state index in [-0.39, 0.29) is 0 Å². The van der Waals surface area contributed by atoms with Crippen molar-refractivity contribution >= 4 is 6.29 Å². The molecule has 0 N–H and O–H groups in total. The average molecular weight is 236 g/mol. The van der Waals surface area contributed by atoms with E-state index in [2.05, 4.69) is 20.8 Å². The van der Waals surface area contributed by atoms with Gasteiger partial charge in [0.15, 0.2) is 0 Å². The average Bonchev–Trinajstić information content (AvgIpc) is 2.64. The summed E-state index contributed by atoms with van der Waals surface area (Å²) in [6.45, 7) is 7.38. The second-order valence-electron chi connectivity index (χ2n) is 6.89. The number of rotatable bonds is 4. The van der Waals surface area contributed by atoms with Gasteiger partial charge < -0.3 is 4.79 Å². The molecule has 0 saturated heterocycles. The van der Waals surface area contributed by atoms with E-state index in [0.29, 0.717) is 5.41 Å². The van der Waals surface area contributed by atoms with Crippen LogP contribution in [0, 0.1) is 29.1 Å². The third kappa shape index (κ3) is 2.30. The third-order valence-corrected chi connectivity index (χ3v) is 5.97. The maximum atomic E-state index is 10.5. The van der Waals surface area contributed by atoms with E-state index < -0.39 is 0 Å². The second-order valence-corrected chi connectivity index (χ2v) is 6.89. The summed E-state index contributed by atoms with van der Waals surface area (Å²) in [6.07, 6.45) is 10.1. The molecule has 2 rings (SSSR count). The van der Waals surface area contributed by atoms with Crippen molar-refractivity contribution < 1.29 is 4.79 Å². The summed E-state index contributed by atoms with van der Waals surface area (Å²) in [4.78, 5) is 10.5. The van der Waals surface area contributed by atoms with Gasteiger partial charge in [-0.05, 0) is 54.8 Å². The Morgan fingerprint density at radius 3 is 2.82 bits per heavy atom. The first-order chi connectivity index (χ1) is 8.09. The van der Waals surface area contributed by atoms with Crippen LogP contribution in [0.5, 0.6) is 0 Å². The molecule has 0 heterocycles. The van der Waals surface area contributed by atoms with Crippen LogP contribution in [0.15, 0.2) is 0 Å². The van der Waals surface area contributed by atoms with Crippen molar-refractivity contribution in [3.8, 4) is 0 Å². The summed E-state index contributed by atoms with van der Waals surface area (Å²) in [7, 11) is 0. The van der Waals surface area contributed by atoms with Crippen LogP contribution in [-0.2, 0) is 4.79 Å². The molecule has 5 atom stereocenters. The SMILES string of the molecule is C[C@H](CCC=O)[C@H]1CC[C@H]2[C@@H](C)CCC[C@]12C. The molecule has 0 bridgehead atoms. The maximum Gasteiger partial charge on any atom is 0.120 e. The predicted molar refractivity (Wildman–Crippen MR) is 71.8 cm³/mol. The lowest BCUT2D eigenvalue weighted by atomic mass is 9.59. The van der Waals surface area contributed by atoms with Gasteiger partial charge in [-0.25, -0.2) is 0 Å². The van der Waals surface area contributed by atoms with Crippen LogP contribution < -0.4 is 0 Å². The molecule has 0 unspecified atom stereocenters. The Hall–Kier alpha value is -0.330. The minimum absolute atomic E-state index is 0.583. The van der Waals surface area contributed by atoms with E-state index in [1.165, 1.54) is 32.1 Å². The van der Waals surface area contributed by atoms with Gasteiger partial charge in [-0.15, -0.1) is 0 Å². The minimum atomic E-state index is 0.583. The van der Waals surface area contributed by atoms with E-state index >= 15 is 0 Å². The highest BCUT2D eigenvalue weighted by Crippen LogP contribution is 2.59. The van der Waals surface area contributed by atoms with Crippen LogP contribution in [0.1, 0.15) is 65.7 Å². The predicted octanol–water partition coefficient (Wildman–Crippen LogP) is 4.45. The smallest absolute Gasteiger partial charge is 0.120 e. The van der Waals surface area contributed by atoms with Crippen LogP contribution >= 0.6 is 0 Å². The van der Waals surface area contributed by atoms with Crippen molar-refractivity contribution in [2.45, 2.75) is 65.7 Å². The fourth-order valence-electron chi connectivity index (χ4n) is 5.07. The van der Waals surface area contributed by atoms with Gasteiger partial charge in [0.25, 0.3) is 0 Å². The first kappa shape index (κ1) is 13.1. The summed E-state index contributed by atoms with van der Waals surface area (Å²) in [5.41, 5.74) is 0.583. The van der Waals surface area contributed by atoms with Crippen LogP contribution in [0.25, 0.3) is 0 Å². The Morgan fingerprint density at radius 2 is 2.12 bits per heavy atom. The minimum Gasteiger partial charge on any atom is -0.303 e. The summed E-state index contributed by atoms with van der Waals surface area (Å²) >= 11 is 0.